The molecule has 1 aromatic carbocycles. The van der Waals surface area contributed by atoms with Crippen molar-refractivity contribution in [2.24, 2.45) is 4.99 Å². The third-order valence-electron chi connectivity index (χ3n) is 2.84. The van der Waals surface area contributed by atoms with Crippen molar-refractivity contribution in [3.05, 3.63) is 35.4 Å². The van der Waals surface area contributed by atoms with E-state index in [1.165, 1.54) is 11.1 Å². The standard InChI is InChI=1S/C15H22F3N3/c1-3-19-14(21-11-9-15(16,17)18)20-10-8-13-6-4-12(2)5-7-13/h4-7H,3,8-11H2,1-2H3,(H2,19,20,21). The number of guanidine groups is 1. The van der Waals surface area contributed by atoms with Crippen LogP contribution in [0.5, 0.6) is 0 Å². The molecule has 1 rings (SSSR count). The highest BCUT2D eigenvalue weighted by atomic mass is 19.4. The Morgan fingerprint density at radius 1 is 1.14 bits per heavy atom. The van der Waals surface area contributed by atoms with Gasteiger partial charge in [-0.3, -0.25) is 4.99 Å². The molecule has 2 N–H and O–H groups in total. The summed E-state index contributed by atoms with van der Waals surface area (Å²) in [6.07, 6.45) is -4.27. The van der Waals surface area contributed by atoms with E-state index in [1.54, 1.807) is 0 Å². The number of rotatable bonds is 6. The Morgan fingerprint density at radius 2 is 1.81 bits per heavy atom. The summed E-state index contributed by atoms with van der Waals surface area (Å²) in [5.41, 5.74) is 2.38. The highest BCUT2D eigenvalue weighted by Gasteiger charge is 2.26. The summed E-state index contributed by atoms with van der Waals surface area (Å²) in [5, 5.41) is 5.98. The molecule has 0 amide bonds. The van der Waals surface area contributed by atoms with Crippen LogP contribution in [0, 0.1) is 6.92 Å². The zero-order chi connectivity index (χ0) is 15.7. The Balaban J connectivity index is 2.39. The van der Waals surface area contributed by atoms with Gasteiger partial charge in [0.15, 0.2) is 5.96 Å². The maximum atomic E-state index is 12.1. The summed E-state index contributed by atoms with van der Waals surface area (Å²) in [5.74, 6) is 0.425. The number of aliphatic imine (C=N–C) groups is 1. The fourth-order valence-corrected chi connectivity index (χ4v) is 1.72. The molecule has 0 heterocycles. The first-order valence-electron chi connectivity index (χ1n) is 7.05. The molecule has 0 fully saturated rings. The average Bonchev–Trinajstić information content (AvgIpc) is 2.39. The molecule has 3 nitrogen and oxygen atoms in total. The van der Waals surface area contributed by atoms with E-state index in [0.29, 0.717) is 19.0 Å². The number of benzene rings is 1. The third kappa shape index (κ3) is 8.22. The molecule has 0 atom stereocenters. The molecule has 0 saturated heterocycles. The maximum Gasteiger partial charge on any atom is 0.390 e. The Bertz CT molecular complexity index is 438. The zero-order valence-electron chi connectivity index (χ0n) is 12.4. The van der Waals surface area contributed by atoms with Gasteiger partial charge in [-0.15, -0.1) is 0 Å². The SMILES string of the molecule is CCNC(=NCCC(F)(F)F)NCCc1ccc(C)cc1. The van der Waals surface area contributed by atoms with Crippen molar-refractivity contribution in [2.75, 3.05) is 19.6 Å². The molecule has 0 aliphatic rings. The van der Waals surface area contributed by atoms with Gasteiger partial charge in [0.25, 0.3) is 0 Å². The smallest absolute Gasteiger partial charge is 0.357 e. The molecule has 0 radical (unpaired) electrons. The minimum Gasteiger partial charge on any atom is -0.357 e. The van der Waals surface area contributed by atoms with Gasteiger partial charge in [0.1, 0.15) is 0 Å². The van der Waals surface area contributed by atoms with E-state index < -0.39 is 12.6 Å². The Morgan fingerprint density at radius 3 is 2.38 bits per heavy atom. The molecule has 0 aliphatic carbocycles. The van der Waals surface area contributed by atoms with Crippen LogP contribution < -0.4 is 10.6 Å². The van der Waals surface area contributed by atoms with Crippen molar-refractivity contribution < 1.29 is 13.2 Å². The third-order valence-corrected chi connectivity index (χ3v) is 2.84. The highest BCUT2D eigenvalue weighted by Crippen LogP contribution is 2.18. The Hall–Kier alpha value is -1.72. The van der Waals surface area contributed by atoms with Crippen molar-refractivity contribution in [3.63, 3.8) is 0 Å². The minimum atomic E-state index is -4.16. The van der Waals surface area contributed by atoms with Crippen LogP contribution in [0.1, 0.15) is 24.5 Å². The molecule has 0 saturated carbocycles. The van der Waals surface area contributed by atoms with Crippen molar-refractivity contribution in [1.29, 1.82) is 0 Å². The summed E-state index contributed by atoms with van der Waals surface area (Å²) in [4.78, 5) is 3.92. The number of nitrogens with zero attached hydrogens (tertiary/aromatic N) is 1. The quantitative estimate of drug-likeness (QED) is 0.626. The molecule has 0 bridgehead atoms. The molecule has 0 aromatic heterocycles. The van der Waals surface area contributed by atoms with Gasteiger partial charge in [0.05, 0.1) is 13.0 Å². The van der Waals surface area contributed by atoms with Crippen molar-refractivity contribution in [1.82, 2.24) is 10.6 Å². The predicted octanol–water partition coefficient (Wildman–Crippen LogP) is 3.05. The van der Waals surface area contributed by atoms with Gasteiger partial charge in [0.2, 0.25) is 0 Å². The van der Waals surface area contributed by atoms with Crippen LogP contribution in [-0.2, 0) is 6.42 Å². The summed E-state index contributed by atoms with van der Waals surface area (Å²) in [6, 6.07) is 8.17. The first-order valence-corrected chi connectivity index (χ1v) is 7.05. The fourth-order valence-electron chi connectivity index (χ4n) is 1.72. The second kappa shape index (κ2) is 8.54. The number of alkyl halides is 3. The van der Waals surface area contributed by atoms with Crippen molar-refractivity contribution >= 4 is 5.96 Å². The molecule has 1 aromatic rings. The van der Waals surface area contributed by atoms with E-state index >= 15 is 0 Å². The molecule has 6 heteroatoms. The predicted molar refractivity (Wildman–Crippen MR) is 79.5 cm³/mol. The van der Waals surface area contributed by atoms with Gasteiger partial charge in [-0.25, -0.2) is 0 Å². The number of nitrogens with one attached hydrogen (secondary N) is 2. The van der Waals surface area contributed by atoms with Gasteiger partial charge in [-0.05, 0) is 25.8 Å². The first kappa shape index (κ1) is 17.3. The van der Waals surface area contributed by atoms with Crippen LogP contribution >= 0.6 is 0 Å². The summed E-state index contributed by atoms with van der Waals surface area (Å²) < 4.78 is 36.3. The molecule has 0 unspecified atom stereocenters. The van der Waals surface area contributed by atoms with E-state index in [2.05, 4.69) is 15.6 Å². The summed E-state index contributed by atoms with van der Waals surface area (Å²) in [7, 11) is 0. The van der Waals surface area contributed by atoms with Crippen molar-refractivity contribution in [3.8, 4) is 0 Å². The number of halogens is 3. The van der Waals surface area contributed by atoms with Crippen molar-refractivity contribution in [2.45, 2.75) is 32.9 Å². The molecule has 0 aliphatic heterocycles. The Labute approximate surface area is 123 Å². The van der Waals surface area contributed by atoms with Gasteiger partial charge in [0, 0.05) is 13.1 Å². The summed E-state index contributed by atoms with van der Waals surface area (Å²) in [6.45, 7) is 4.88. The lowest BCUT2D eigenvalue weighted by Gasteiger charge is -2.12. The lowest BCUT2D eigenvalue weighted by molar-refractivity contribution is -0.132. The topological polar surface area (TPSA) is 36.4 Å². The maximum absolute atomic E-state index is 12.1. The molecule has 0 spiro atoms. The Kier molecular flexibility index (Phi) is 7.05. The van der Waals surface area contributed by atoms with E-state index in [-0.39, 0.29) is 6.54 Å². The largest absolute Gasteiger partial charge is 0.390 e. The zero-order valence-corrected chi connectivity index (χ0v) is 12.4. The first-order chi connectivity index (χ1) is 9.90. The minimum absolute atomic E-state index is 0.261. The number of aryl methyl sites for hydroxylation is 1. The van der Waals surface area contributed by atoms with E-state index in [4.69, 9.17) is 0 Å². The van der Waals surface area contributed by atoms with Crippen LogP contribution in [0.3, 0.4) is 0 Å². The van der Waals surface area contributed by atoms with E-state index in [0.717, 1.165) is 6.42 Å². The summed E-state index contributed by atoms with van der Waals surface area (Å²) >= 11 is 0. The number of hydrogen-bond donors (Lipinski definition) is 2. The second-order valence-corrected chi connectivity index (χ2v) is 4.79. The number of hydrogen-bond acceptors (Lipinski definition) is 1. The highest BCUT2D eigenvalue weighted by molar-refractivity contribution is 5.79. The molecule has 21 heavy (non-hydrogen) atoms. The molecular formula is C15H22F3N3. The van der Waals surface area contributed by atoms with Gasteiger partial charge < -0.3 is 10.6 Å². The molecular weight excluding hydrogens is 279 g/mol. The second-order valence-electron chi connectivity index (χ2n) is 4.79. The van der Waals surface area contributed by atoms with Gasteiger partial charge >= 0.3 is 6.18 Å². The van der Waals surface area contributed by atoms with Crippen LogP contribution in [0.25, 0.3) is 0 Å². The lowest BCUT2D eigenvalue weighted by Crippen LogP contribution is -2.38. The lowest BCUT2D eigenvalue weighted by atomic mass is 10.1. The van der Waals surface area contributed by atoms with Gasteiger partial charge in [-0.1, -0.05) is 29.8 Å². The van der Waals surface area contributed by atoms with Crippen LogP contribution in [0.15, 0.2) is 29.3 Å². The van der Waals surface area contributed by atoms with E-state index in [9.17, 15) is 13.2 Å². The van der Waals surface area contributed by atoms with Crippen LogP contribution in [0.4, 0.5) is 13.2 Å². The molecule has 118 valence electrons. The monoisotopic (exact) mass is 301 g/mol. The van der Waals surface area contributed by atoms with E-state index in [1.807, 2.05) is 38.1 Å². The van der Waals surface area contributed by atoms with Crippen LogP contribution in [0.2, 0.25) is 0 Å². The fraction of sp³-hybridized carbons (Fsp3) is 0.533. The average molecular weight is 301 g/mol. The normalized spacial score (nSPS) is 12.3. The van der Waals surface area contributed by atoms with Gasteiger partial charge in [-0.2, -0.15) is 13.2 Å². The van der Waals surface area contributed by atoms with Crippen LogP contribution in [-0.4, -0.2) is 31.8 Å².